The van der Waals surface area contributed by atoms with E-state index in [-0.39, 0.29) is 17.4 Å². The van der Waals surface area contributed by atoms with E-state index in [9.17, 15) is 0 Å². The Hall–Kier alpha value is 0.347. The van der Waals surface area contributed by atoms with Crippen LogP contribution >= 0.6 is 0 Å². The second-order valence-electron chi connectivity index (χ2n) is 0.794. The van der Waals surface area contributed by atoms with Gasteiger partial charge in [-0.15, -0.1) is 0 Å². The highest BCUT2D eigenvalue weighted by atomic mass is 32.3. The Labute approximate surface area is 68.2 Å². The molecular formula is H8AlBO7S. The third kappa shape index (κ3) is 3730. The minimum Gasteiger partial charge on any atom is -0.402 e. The van der Waals surface area contributed by atoms with E-state index in [1.807, 2.05) is 0 Å². The van der Waals surface area contributed by atoms with Gasteiger partial charge in [0.1, 0.15) is 0 Å². The van der Waals surface area contributed by atoms with Gasteiger partial charge in [-0.3, -0.25) is 9.11 Å². The van der Waals surface area contributed by atoms with Gasteiger partial charge < -0.3 is 15.1 Å². The van der Waals surface area contributed by atoms with Gasteiger partial charge in [0, 0.05) is 0 Å². The van der Waals surface area contributed by atoms with E-state index >= 15 is 0 Å². The van der Waals surface area contributed by atoms with E-state index in [2.05, 4.69) is 0 Å². The second-order valence-corrected chi connectivity index (χ2v) is 1.69. The molecule has 0 aliphatic rings. The van der Waals surface area contributed by atoms with Gasteiger partial charge in [0.15, 0.2) is 17.4 Å². The Kier molecular flexibility index (Phi) is 12.5. The number of hydrogen-bond donors (Lipinski definition) is 5. The quantitative estimate of drug-likeness (QED) is 0.194. The van der Waals surface area contributed by atoms with Crippen LogP contribution in [0.25, 0.3) is 0 Å². The van der Waals surface area contributed by atoms with Gasteiger partial charge >= 0.3 is 17.7 Å². The summed E-state index contributed by atoms with van der Waals surface area (Å²) in [5, 5.41) is 21.5. The zero-order chi connectivity index (χ0) is 8.08. The van der Waals surface area contributed by atoms with E-state index in [1.54, 1.807) is 0 Å². The Balaban J connectivity index is -0.0000000910. The second kappa shape index (κ2) is 7.45. The molecule has 0 amide bonds. The van der Waals surface area contributed by atoms with Crippen LogP contribution in [0, 0.1) is 0 Å². The number of rotatable bonds is 0. The molecule has 62 valence electrons. The predicted molar refractivity (Wildman–Crippen MR) is 36.5 cm³/mol. The van der Waals surface area contributed by atoms with Crippen molar-refractivity contribution in [3.63, 3.8) is 0 Å². The van der Waals surface area contributed by atoms with Crippen LogP contribution in [0.2, 0.25) is 0 Å². The highest BCUT2D eigenvalue weighted by Crippen LogP contribution is 1.59. The highest BCUT2D eigenvalue weighted by molar-refractivity contribution is 7.79. The molecule has 7 nitrogen and oxygen atoms in total. The lowest BCUT2D eigenvalue weighted by Gasteiger charge is -1.69. The maximum Gasteiger partial charge on any atom is 0.631 e. The molecule has 0 spiro atoms. The fraction of sp³-hybridized carbons (Fsp3) is 0. The van der Waals surface area contributed by atoms with Crippen molar-refractivity contribution < 1.29 is 32.6 Å². The normalized spacial score (nSPS) is 8.50. The summed E-state index contributed by atoms with van der Waals surface area (Å²) >= 11 is 0. The minimum atomic E-state index is -4.67. The van der Waals surface area contributed by atoms with Gasteiger partial charge in [-0.2, -0.15) is 8.42 Å². The van der Waals surface area contributed by atoms with Crippen molar-refractivity contribution in [2.24, 2.45) is 0 Å². The SMILES string of the molecule is O=S(=O)(O)O.OB(O)O.[AlH3]. The van der Waals surface area contributed by atoms with E-state index in [1.165, 1.54) is 0 Å². The first-order valence-electron chi connectivity index (χ1n) is 1.47. The van der Waals surface area contributed by atoms with Crippen molar-refractivity contribution in [1.29, 1.82) is 0 Å². The smallest absolute Gasteiger partial charge is 0.402 e. The fourth-order valence-electron chi connectivity index (χ4n) is 0. The summed E-state index contributed by atoms with van der Waals surface area (Å²) in [5.41, 5.74) is 0. The maximum absolute atomic E-state index is 8.74. The lowest BCUT2D eigenvalue weighted by atomic mass is 10.3. The van der Waals surface area contributed by atoms with Crippen molar-refractivity contribution >= 4 is 35.1 Å². The van der Waals surface area contributed by atoms with Crippen LogP contribution in [0.3, 0.4) is 0 Å². The molecule has 0 atom stereocenters. The van der Waals surface area contributed by atoms with Crippen molar-refractivity contribution in [3.05, 3.63) is 0 Å². The van der Waals surface area contributed by atoms with Crippen molar-refractivity contribution in [2.75, 3.05) is 0 Å². The molecule has 10 heteroatoms. The molecule has 10 heavy (non-hydrogen) atoms. The Morgan fingerprint density at radius 2 is 1.00 bits per heavy atom. The summed E-state index contributed by atoms with van der Waals surface area (Å²) in [6.07, 6.45) is 0. The first-order chi connectivity index (χ1) is 3.73. The van der Waals surface area contributed by atoms with Gasteiger partial charge in [0.05, 0.1) is 0 Å². The lowest BCUT2D eigenvalue weighted by molar-refractivity contribution is 0.278. The Morgan fingerprint density at radius 3 is 1.00 bits per heavy atom. The molecule has 0 heterocycles. The molecular weight excluding hydrogens is 182 g/mol. The molecule has 0 radical (unpaired) electrons. The average molecular weight is 190 g/mol. The molecule has 0 fully saturated rings. The lowest BCUT2D eigenvalue weighted by Crippen LogP contribution is -2.07. The maximum atomic E-state index is 8.74. The first kappa shape index (κ1) is 16.7. The third-order valence-electron chi connectivity index (χ3n) is 0. The molecule has 5 N–H and O–H groups in total. The van der Waals surface area contributed by atoms with Crippen LogP contribution in [-0.2, 0) is 10.4 Å². The molecule has 0 unspecified atom stereocenters. The van der Waals surface area contributed by atoms with Crippen LogP contribution in [0.5, 0.6) is 0 Å². The summed E-state index contributed by atoms with van der Waals surface area (Å²) in [5.74, 6) is 0. The van der Waals surface area contributed by atoms with E-state index in [0.29, 0.717) is 0 Å². The molecule has 0 aromatic heterocycles. The Bertz CT molecular complexity index is 125. The van der Waals surface area contributed by atoms with Gasteiger partial charge in [0.25, 0.3) is 0 Å². The Morgan fingerprint density at radius 1 is 1.00 bits per heavy atom. The van der Waals surface area contributed by atoms with Gasteiger partial charge in [-0.1, -0.05) is 0 Å². The van der Waals surface area contributed by atoms with Gasteiger partial charge in [-0.05, 0) is 0 Å². The molecule has 0 aliphatic heterocycles. The molecule has 0 aromatic carbocycles. The van der Waals surface area contributed by atoms with Crippen molar-refractivity contribution in [3.8, 4) is 0 Å². The molecule has 0 saturated heterocycles. The minimum absolute atomic E-state index is 0. The first-order valence-corrected chi connectivity index (χ1v) is 2.87. The van der Waals surface area contributed by atoms with Gasteiger partial charge in [0.2, 0.25) is 0 Å². The zero-order valence-corrected chi connectivity index (χ0v) is 4.85. The van der Waals surface area contributed by atoms with Crippen LogP contribution < -0.4 is 0 Å². The molecule has 0 rings (SSSR count). The highest BCUT2D eigenvalue weighted by Gasteiger charge is 1.92. The van der Waals surface area contributed by atoms with Crippen molar-refractivity contribution in [1.82, 2.24) is 0 Å². The predicted octanol–water partition coefficient (Wildman–Crippen LogP) is -3.89. The topological polar surface area (TPSA) is 135 Å². The summed E-state index contributed by atoms with van der Waals surface area (Å²) in [6, 6.07) is 0. The van der Waals surface area contributed by atoms with Crippen LogP contribution in [0.1, 0.15) is 0 Å². The average Bonchev–Trinajstić information content (AvgIpc) is 1.19. The summed E-state index contributed by atoms with van der Waals surface area (Å²) < 4.78 is 31.6. The number of hydrogen-bond acceptors (Lipinski definition) is 5. The fourth-order valence-corrected chi connectivity index (χ4v) is 0. The summed E-state index contributed by atoms with van der Waals surface area (Å²) in [4.78, 5) is 0. The van der Waals surface area contributed by atoms with E-state index in [0.717, 1.165) is 0 Å². The van der Waals surface area contributed by atoms with Crippen LogP contribution in [0.4, 0.5) is 0 Å². The standard InChI is InChI=1S/Al.BH3O3.H2O4S.3H/c;2-1(3)4;1-5(2,3)4;;;/h;2-4H;(H2,1,2,3,4);;;. The third-order valence-corrected chi connectivity index (χ3v) is 0. The molecule has 0 bridgehead atoms. The van der Waals surface area contributed by atoms with E-state index in [4.69, 9.17) is 32.6 Å². The van der Waals surface area contributed by atoms with Gasteiger partial charge in [-0.25, -0.2) is 0 Å². The van der Waals surface area contributed by atoms with Crippen LogP contribution in [-0.4, -0.2) is 57.3 Å². The summed E-state index contributed by atoms with van der Waals surface area (Å²) in [7, 11) is -6.83. The monoisotopic (exact) mass is 190 g/mol. The van der Waals surface area contributed by atoms with Crippen LogP contribution in [0.15, 0.2) is 0 Å². The molecule has 0 saturated carbocycles. The van der Waals surface area contributed by atoms with E-state index < -0.39 is 17.7 Å². The largest absolute Gasteiger partial charge is 0.631 e. The molecule has 0 aliphatic carbocycles. The van der Waals surface area contributed by atoms with Crippen molar-refractivity contribution in [2.45, 2.75) is 0 Å². The summed E-state index contributed by atoms with van der Waals surface area (Å²) in [6.45, 7) is 0. The molecule has 0 aromatic rings. The zero-order valence-electron chi connectivity index (χ0n) is 4.04.